The van der Waals surface area contributed by atoms with Crippen molar-refractivity contribution in [2.24, 2.45) is 0 Å². The average Bonchev–Trinajstić information content (AvgIpc) is 3.08. The third kappa shape index (κ3) is 2.43. The zero-order valence-electron chi connectivity index (χ0n) is 10.9. The maximum atomic E-state index is 12.1. The quantitative estimate of drug-likeness (QED) is 0.735. The molecule has 0 aliphatic rings. The Bertz CT molecular complexity index is 794. The van der Waals surface area contributed by atoms with Crippen LogP contribution in [0.5, 0.6) is 0 Å². The first-order valence-electron chi connectivity index (χ1n) is 5.94. The Morgan fingerprint density at radius 1 is 1.24 bits per heavy atom. The van der Waals surface area contributed by atoms with Gasteiger partial charge < -0.3 is 15.5 Å². The molecule has 0 fully saturated rings. The number of aromatic nitrogens is 4. The normalized spacial score (nSPS) is 10.5. The summed E-state index contributed by atoms with van der Waals surface area (Å²) >= 11 is 0. The highest BCUT2D eigenvalue weighted by atomic mass is 16.6. The molecular weight excluding hydrogens is 276 g/mol. The van der Waals surface area contributed by atoms with Crippen molar-refractivity contribution in [1.29, 1.82) is 0 Å². The number of hydrogen-bond acceptors (Lipinski definition) is 8. The first-order chi connectivity index (χ1) is 10.1. The van der Waals surface area contributed by atoms with Gasteiger partial charge in [-0.15, -0.1) is 10.2 Å². The second kappa shape index (κ2) is 5.04. The van der Waals surface area contributed by atoms with Gasteiger partial charge in [0.1, 0.15) is 0 Å². The number of benzene rings is 1. The van der Waals surface area contributed by atoms with E-state index in [1.807, 2.05) is 0 Å². The summed E-state index contributed by atoms with van der Waals surface area (Å²) < 4.78 is 9.76. The van der Waals surface area contributed by atoms with Crippen LogP contribution in [0.25, 0.3) is 11.5 Å². The highest BCUT2D eigenvalue weighted by Gasteiger charge is 2.19. The largest absolute Gasteiger partial charge is 0.421 e. The van der Waals surface area contributed by atoms with Crippen LogP contribution in [-0.2, 0) is 0 Å². The summed E-state index contributed by atoms with van der Waals surface area (Å²) in [6, 6.07) is 6.98. The molecule has 0 spiro atoms. The van der Waals surface area contributed by atoms with E-state index in [1.165, 1.54) is 0 Å². The number of para-hydroxylation sites is 1. The van der Waals surface area contributed by atoms with Crippen LogP contribution >= 0.6 is 0 Å². The lowest BCUT2D eigenvalue weighted by atomic mass is 10.1. The van der Waals surface area contributed by atoms with Gasteiger partial charge in [0.2, 0.25) is 23.3 Å². The number of carbonyl (C=O) groups excluding carboxylic acids is 1. The van der Waals surface area contributed by atoms with Crippen molar-refractivity contribution in [1.82, 2.24) is 20.5 Å². The van der Waals surface area contributed by atoms with E-state index in [-0.39, 0.29) is 11.5 Å². The van der Waals surface area contributed by atoms with Crippen LogP contribution in [-0.4, -0.2) is 26.4 Å². The fraction of sp³-hybridized carbons (Fsp3) is 0.0833. The number of amides is 1. The third-order valence-corrected chi connectivity index (χ3v) is 2.66. The van der Waals surface area contributed by atoms with Gasteiger partial charge in [-0.2, -0.15) is 0 Å². The monoisotopic (exact) mass is 286 g/mol. The smallest absolute Gasteiger partial charge is 0.281 e. The molecule has 0 unspecified atom stereocenters. The number of rotatable bonds is 3. The fourth-order valence-electron chi connectivity index (χ4n) is 1.72. The molecule has 0 bridgehead atoms. The van der Waals surface area contributed by atoms with Gasteiger partial charge in [0, 0.05) is 6.92 Å². The van der Waals surface area contributed by atoms with E-state index < -0.39 is 5.91 Å². The maximum Gasteiger partial charge on any atom is 0.281 e. The summed E-state index contributed by atoms with van der Waals surface area (Å²) in [6.45, 7) is 1.68. The molecule has 9 heteroatoms. The standard InChI is InChI=1S/C12H10N6O3/c1-6-15-16-12(20-6)7-4-2-3-5-8(7)14-11(19)9-10(13)18-21-17-9/h2-5H,1H3,(H2,13,18)(H,14,19). The molecule has 0 aliphatic heterocycles. The molecule has 1 amide bonds. The van der Waals surface area contributed by atoms with Gasteiger partial charge >= 0.3 is 0 Å². The number of carbonyl (C=O) groups is 1. The van der Waals surface area contributed by atoms with Gasteiger partial charge in [-0.3, -0.25) is 4.79 Å². The van der Waals surface area contributed by atoms with Crippen LogP contribution < -0.4 is 11.1 Å². The predicted molar refractivity (Wildman–Crippen MR) is 71.1 cm³/mol. The second-order valence-electron chi connectivity index (χ2n) is 4.12. The number of nitrogens with one attached hydrogen (secondary N) is 1. The molecule has 0 saturated heterocycles. The SMILES string of the molecule is Cc1nnc(-c2ccccc2NC(=O)c2nonc2N)o1. The Morgan fingerprint density at radius 3 is 2.71 bits per heavy atom. The molecule has 3 aromatic rings. The van der Waals surface area contributed by atoms with Gasteiger partial charge in [-0.1, -0.05) is 12.1 Å². The molecule has 2 heterocycles. The van der Waals surface area contributed by atoms with E-state index in [1.54, 1.807) is 31.2 Å². The maximum absolute atomic E-state index is 12.1. The van der Waals surface area contributed by atoms with Gasteiger partial charge in [0.25, 0.3) is 5.91 Å². The van der Waals surface area contributed by atoms with E-state index in [4.69, 9.17) is 10.2 Å². The molecule has 1 aromatic carbocycles. The number of nitrogens with zero attached hydrogens (tertiary/aromatic N) is 4. The average molecular weight is 286 g/mol. The zero-order valence-corrected chi connectivity index (χ0v) is 10.9. The van der Waals surface area contributed by atoms with E-state index in [0.29, 0.717) is 23.0 Å². The van der Waals surface area contributed by atoms with E-state index in [2.05, 4.69) is 30.5 Å². The number of aryl methyl sites for hydroxylation is 1. The minimum atomic E-state index is -0.544. The molecule has 3 rings (SSSR count). The van der Waals surface area contributed by atoms with Crippen LogP contribution in [0.1, 0.15) is 16.4 Å². The Labute approximate surface area is 118 Å². The van der Waals surface area contributed by atoms with Crippen molar-refractivity contribution in [3.63, 3.8) is 0 Å². The number of nitrogens with two attached hydrogens (primary N) is 1. The minimum Gasteiger partial charge on any atom is -0.421 e. The van der Waals surface area contributed by atoms with Gasteiger partial charge in [0.05, 0.1) is 11.3 Å². The Kier molecular flexibility index (Phi) is 3.07. The first-order valence-corrected chi connectivity index (χ1v) is 5.94. The lowest BCUT2D eigenvalue weighted by Gasteiger charge is -2.06. The van der Waals surface area contributed by atoms with E-state index in [9.17, 15) is 4.79 Å². The molecular formula is C12H10N6O3. The summed E-state index contributed by atoms with van der Waals surface area (Å²) in [5.41, 5.74) is 6.45. The van der Waals surface area contributed by atoms with Crippen LogP contribution in [0.4, 0.5) is 11.5 Å². The zero-order chi connectivity index (χ0) is 14.8. The summed E-state index contributed by atoms with van der Waals surface area (Å²) in [7, 11) is 0. The lowest BCUT2D eigenvalue weighted by Crippen LogP contribution is -2.14. The molecule has 21 heavy (non-hydrogen) atoms. The van der Waals surface area contributed by atoms with Crippen LogP contribution in [0.3, 0.4) is 0 Å². The van der Waals surface area contributed by atoms with Crippen molar-refractivity contribution in [3.05, 3.63) is 35.9 Å². The van der Waals surface area contributed by atoms with Crippen molar-refractivity contribution in [2.45, 2.75) is 6.92 Å². The number of anilines is 2. The summed E-state index contributed by atoms with van der Waals surface area (Å²) in [5.74, 6) is 0.0989. The summed E-state index contributed by atoms with van der Waals surface area (Å²) in [4.78, 5) is 12.1. The fourth-order valence-corrected chi connectivity index (χ4v) is 1.72. The second-order valence-corrected chi connectivity index (χ2v) is 4.12. The van der Waals surface area contributed by atoms with E-state index >= 15 is 0 Å². The molecule has 9 nitrogen and oxygen atoms in total. The Morgan fingerprint density at radius 2 is 2.05 bits per heavy atom. The molecule has 106 valence electrons. The lowest BCUT2D eigenvalue weighted by molar-refractivity contribution is 0.101. The molecule has 2 aromatic heterocycles. The topological polar surface area (TPSA) is 133 Å². The van der Waals surface area contributed by atoms with Gasteiger partial charge in [-0.05, 0) is 22.4 Å². The predicted octanol–water partition coefficient (Wildman–Crippen LogP) is 1.26. The van der Waals surface area contributed by atoms with Crippen LogP contribution in [0.15, 0.2) is 33.3 Å². The molecule has 0 saturated carbocycles. The number of hydrogen-bond donors (Lipinski definition) is 2. The van der Waals surface area contributed by atoms with Gasteiger partial charge in [0.15, 0.2) is 0 Å². The first kappa shape index (κ1) is 12.8. The summed E-state index contributed by atoms with van der Waals surface area (Å²) in [5, 5.41) is 17.1. The highest BCUT2D eigenvalue weighted by Crippen LogP contribution is 2.27. The number of nitrogen functional groups attached to an aromatic ring is 1. The molecule has 3 N–H and O–H groups in total. The van der Waals surface area contributed by atoms with Crippen LogP contribution in [0.2, 0.25) is 0 Å². The molecule has 0 aliphatic carbocycles. The minimum absolute atomic E-state index is 0.0846. The van der Waals surface area contributed by atoms with Crippen molar-refractivity contribution in [2.75, 3.05) is 11.1 Å². The molecule has 0 atom stereocenters. The van der Waals surface area contributed by atoms with Crippen molar-refractivity contribution < 1.29 is 13.8 Å². The Hall–Kier alpha value is -3.23. The summed E-state index contributed by atoms with van der Waals surface area (Å²) in [6.07, 6.45) is 0. The molecule has 0 radical (unpaired) electrons. The van der Waals surface area contributed by atoms with E-state index in [0.717, 1.165) is 0 Å². The third-order valence-electron chi connectivity index (χ3n) is 2.66. The highest BCUT2D eigenvalue weighted by molar-refractivity contribution is 6.07. The van der Waals surface area contributed by atoms with Crippen molar-refractivity contribution in [3.8, 4) is 11.5 Å². The van der Waals surface area contributed by atoms with Crippen LogP contribution in [0, 0.1) is 6.92 Å². The Balaban J connectivity index is 1.93. The van der Waals surface area contributed by atoms with Gasteiger partial charge in [-0.25, -0.2) is 4.63 Å². The van der Waals surface area contributed by atoms with Crippen molar-refractivity contribution >= 4 is 17.4 Å².